The van der Waals surface area contributed by atoms with Crippen molar-refractivity contribution < 1.29 is 12.8 Å². The third kappa shape index (κ3) is 4.49. The van der Waals surface area contributed by atoms with E-state index in [1.807, 2.05) is 6.92 Å². The molecule has 0 bridgehead atoms. The van der Waals surface area contributed by atoms with E-state index in [0.29, 0.717) is 0 Å². The van der Waals surface area contributed by atoms with E-state index >= 15 is 0 Å². The minimum atomic E-state index is -3.52. The highest BCUT2D eigenvalue weighted by atomic mass is 127. The molecular weight excluding hydrogens is 404 g/mol. The van der Waals surface area contributed by atoms with Crippen LogP contribution >= 0.6 is 22.6 Å². The van der Waals surface area contributed by atoms with E-state index in [1.54, 1.807) is 36.4 Å². The lowest BCUT2D eigenvalue weighted by Gasteiger charge is -2.12. The molecule has 0 radical (unpaired) electrons. The van der Waals surface area contributed by atoms with Crippen LogP contribution in [0, 0.1) is 12.7 Å². The summed E-state index contributed by atoms with van der Waals surface area (Å²) in [6, 6.07) is 12.7. The molecule has 1 atom stereocenters. The molecule has 0 saturated heterocycles. The van der Waals surface area contributed by atoms with Crippen LogP contribution < -0.4 is 4.72 Å². The van der Waals surface area contributed by atoms with Crippen molar-refractivity contribution in [2.75, 3.05) is 6.54 Å². The summed E-state index contributed by atoms with van der Waals surface area (Å²) >= 11 is 2.13. The smallest absolute Gasteiger partial charge is 0.210 e. The van der Waals surface area contributed by atoms with E-state index in [0.717, 1.165) is 11.1 Å². The SMILES string of the molecule is Cc1ccc(S(=O)(=O)NC[C@H](I)c2ccc(F)cc2)cc1. The van der Waals surface area contributed by atoms with E-state index in [9.17, 15) is 12.8 Å². The van der Waals surface area contributed by atoms with Gasteiger partial charge in [0.25, 0.3) is 0 Å². The van der Waals surface area contributed by atoms with E-state index in [4.69, 9.17) is 0 Å². The fraction of sp³-hybridized carbons (Fsp3) is 0.200. The van der Waals surface area contributed by atoms with Crippen molar-refractivity contribution in [1.82, 2.24) is 4.72 Å². The summed E-state index contributed by atoms with van der Waals surface area (Å²) in [5.41, 5.74) is 1.88. The minimum absolute atomic E-state index is 0.0663. The van der Waals surface area contributed by atoms with Crippen molar-refractivity contribution in [2.45, 2.75) is 15.7 Å². The second kappa shape index (κ2) is 6.85. The molecule has 0 aromatic heterocycles. The summed E-state index contributed by atoms with van der Waals surface area (Å²) < 4.78 is 39.7. The van der Waals surface area contributed by atoms with Crippen LogP contribution in [-0.4, -0.2) is 15.0 Å². The Kier molecular flexibility index (Phi) is 5.34. The molecule has 112 valence electrons. The molecule has 0 aliphatic rings. The van der Waals surface area contributed by atoms with Gasteiger partial charge in [0, 0.05) is 10.5 Å². The largest absolute Gasteiger partial charge is 0.240 e. The van der Waals surface area contributed by atoms with Gasteiger partial charge in [-0.1, -0.05) is 52.4 Å². The second-order valence-corrected chi connectivity index (χ2v) is 7.95. The maximum Gasteiger partial charge on any atom is 0.240 e. The van der Waals surface area contributed by atoms with Gasteiger partial charge in [0.2, 0.25) is 10.0 Å². The highest BCUT2D eigenvalue weighted by Gasteiger charge is 2.16. The molecule has 0 spiro atoms. The average molecular weight is 419 g/mol. The molecule has 2 aromatic carbocycles. The topological polar surface area (TPSA) is 46.2 Å². The number of hydrogen-bond donors (Lipinski definition) is 1. The van der Waals surface area contributed by atoms with Crippen molar-refractivity contribution in [3.8, 4) is 0 Å². The van der Waals surface area contributed by atoms with Gasteiger partial charge in [0.15, 0.2) is 0 Å². The van der Waals surface area contributed by atoms with Crippen LogP contribution in [0.15, 0.2) is 53.4 Å². The third-order valence-electron chi connectivity index (χ3n) is 3.02. The van der Waals surface area contributed by atoms with Gasteiger partial charge in [0.1, 0.15) is 5.82 Å². The quantitative estimate of drug-likeness (QED) is 0.595. The zero-order valence-electron chi connectivity index (χ0n) is 11.4. The van der Waals surface area contributed by atoms with Crippen molar-refractivity contribution in [2.24, 2.45) is 0 Å². The number of sulfonamides is 1. The highest BCUT2D eigenvalue weighted by Crippen LogP contribution is 2.23. The Morgan fingerprint density at radius 3 is 2.24 bits per heavy atom. The Hall–Kier alpha value is -0.990. The molecular formula is C15H15FINO2S. The Morgan fingerprint density at radius 2 is 1.67 bits per heavy atom. The van der Waals surface area contributed by atoms with E-state index < -0.39 is 10.0 Å². The van der Waals surface area contributed by atoms with E-state index in [1.165, 1.54) is 12.1 Å². The monoisotopic (exact) mass is 419 g/mol. The maximum atomic E-state index is 12.9. The lowest BCUT2D eigenvalue weighted by Crippen LogP contribution is -2.26. The number of benzene rings is 2. The lowest BCUT2D eigenvalue weighted by molar-refractivity contribution is 0.581. The number of aryl methyl sites for hydroxylation is 1. The number of halogens is 2. The van der Waals surface area contributed by atoms with Crippen molar-refractivity contribution in [3.05, 3.63) is 65.5 Å². The summed E-state index contributed by atoms with van der Waals surface area (Å²) in [5, 5.41) is 0. The van der Waals surface area contributed by atoms with Gasteiger partial charge in [-0.25, -0.2) is 17.5 Å². The molecule has 6 heteroatoms. The van der Waals surface area contributed by atoms with Crippen LogP contribution in [0.4, 0.5) is 4.39 Å². The van der Waals surface area contributed by atoms with Crippen LogP contribution in [0.2, 0.25) is 0 Å². The first kappa shape index (κ1) is 16.4. The maximum absolute atomic E-state index is 12.9. The number of hydrogen-bond acceptors (Lipinski definition) is 2. The molecule has 1 N–H and O–H groups in total. The second-order valence-electron chi connectivity index (χ2n) is 4.68. The van der Waals surface area contributed by atoms with Crippen molar-refractivity contribution in [1.29, 1.82) is 0 Å². The first-order chi connectivity index (χ1) is 9.88. The van der Waals surface area contributed by atoms with Gasteiger partial charge in [0.05, 0.1) is 4.90 Å². The standard InChI is InChI=1S/C15H15FINO2S/c1-11-2-8-14(9-3-11)21(19,20)18-10-15(17)12-4-6-13(16)7-5-12/h2-9,15,18H,10H2,1H3/t15-/m0/s1. The van der Waals surface area contributed by atoms with Crippen LogP contribution in [0.1, 0.15) is 15.1 Å². The minimum Gasteiger partial charge on any atom is -0.210 e. The predicted octanol–water partition coefficient (Wildman–Crippen LogP) is 3.59. The Morgan fingerprint density at radius 1 is 1.10 bits per heavy atom. The van der Waals surface area contributed by atoms with Gasteiger partial charge in [-0.15, -0.1) is 0 Å². The zero-order valence-corrected chi connectivity index (χ0v) is 14.4. The van der Waals surface area contributed by atoms with Crippen LogP contribution in [0.3, 0.4) is 0 Å². The Labute approximate surface area is 137 Å². The molecule has 0 amide bonds. The zero-order chi connectivity index (χ0) is 15.5. The first-order valence-corrected chi connectivity index (χ1v) is 9.07. The van der Waals surface area contributed by atoms with Gasteiger partial charge < -0.3 is 0 Å². The predicted molar refractivity (Wildman–Crippen MR) is 89.5 cm³/mol. The fourth-order valence-electron chi connectivity index (χ4n) is 1.77. The number of alkyl halides is 1. The van der Waals surface area contributed by atoms with Crippen LogP contribution in [0.5, 0.6) is 0 Å². The Bertz CT molecular complexity index is 699. The molecule has 3 nitrogen and oxygen atoms in total. The van der Waals surface area contributed by atoms with Gasteiger partial charge in [-0.05, 0) is 36.8 Å². The van der Waals surface area contributed by atoms with Crippen molar-refractivity contribution in [3.63, 3.8) is 0 Å². The Balaban J connectivity index is 2.04. The van der Waals surface area contributed by atoms with Crippen molar-refractivity contribution >= 4 is 32.6 Å². The molecule has 0 saturated carbocycles. The molecule has 0 heterocycles. The number of rotatable bonds is 5. The summed E-state index contributed by atoms with van der Waals surface area (Å²) in [5.74, 6) is -0.303. The number of nitrogens with one attached hydrogen (secondary N) is 1. The van der Waals surface area contributed by atoms with Gasteiger partial charge >= 0.3 is 0 Å². The lowest BCUT2D eigenvalue weighted by atomic mass is 10.1. The molecule has 0 fully saturated rings. The van der Waals surface area contributed by atoms with Gasteiger partial charge in [-0.2, -0.15) is 0 Å². The van der Waals surface area contributed by atoms with Crippen LogP contribution in [-0.2, 0) is 10.0 Å². The fourth-order valence-corrected chi connectivity index (χ4v) is 3.75. The normalized spacial score (nSPS) is 13.1. The molecule has 0 unspecified atom stereocenters. The summed E-state index contributed by atoms with van der Waals surface area (Å²) in [6.45, 7) is 2.15. The average Bonchev–Trinajstić information content (AvgIpc) is 2.46. The summed E-state index contributed by atoms with van der Waals surface area (Å²) in [7, 11) is -3.52. The van der Waals surface area contributed by atoms with E-state index in [-0.39, 0.29) is 21.2 Å². The summed E-state index contributed by atoms with van der Waals surface area (Å²) in [6.07, 6.45) is 0. The third-order valence-corrected chi connectivity index (χ3v) is 5.61. The molecule has 0 aliphatic heterocycles. The molecule has 0 aliphatic carbocycles. The molecule has 2 rings (SSSR count). The molecule has 2 aromatic rings. The van der Waals surface area contributed by atoms with E-state index in [2.05, 4.69) is 27.3 Å². The highest BCUT2D eigenvalue weighted by molar-refractivity contribution is 14.1. The van der Waals surface area contributed by atoms with Crippen LogP contribution in [0.25, 0.3) is 0 Å². The first-order valence-electron chi connectivity index (χ1n) is 6.34. The molecule has 21 heavy (non-hydrogen) atoms. The summed E-state index contributed by atoms with van der Waals surface area (Å²) in [4.78, 5) is 0.246. The van der Waals surface area contributed by atoms with Gasteiger partial charge in [-0.3, -0.25) is 0 Å².